The Kier molecular flexibility index (Phi) is 6.68. The highest BCUT2D eigenvalue weighted by atomic mass is 28.4. The van der Waals surface area contributed by atoms with Crippen LogP contribution in [0.5, 0.6) is 23.0 Å². The third kappa shape index (κ3) is 4.97. The van der Waals surface area contributed by atoms with Crippen LogP contribution in [0.4, 0.5) is 0 Å². The fraction of sp³-hybridized carbons (Fsp3) is 0.517. The monoisotopic (exact) mass is 526 g/mol. The lowest BCUT2D eigenvalue weighted by Crippen LogP contribution is -2.43. The van der Waals surface area contributed by atoms with Gasteiger partial charge in [-0.25, -0.2) is 0 Å². The van der Waals surface area contributed by atoms with Crippen molar-refractivity contribution in [1.82, 2.24) is 0 Å². The van der Waals surface area contributed by atoms with Gasteiger partial charge in [0.1, 0.15) is 23.0 Å². The van der Waals surface area contributed by atoms with Gasteiger partial charge in [-0.3, -0.25) is 0 Å². The number of aliphatic hydroxyl groups excluding tert-OH is 1. The second-order valence-electron chi connectivity index (χ2n) is 13.0. The van der Waals surface area contributed by atoms with E-state index in [0.29, 0.717) is 18.8 Å². The standard InChI is InChI=1S/C29H42O5Si2/c1-28(2,3)35(7,8)33-19-12-14-23-24(17-19)31-16-15-22-21-13-11-20(34-36(9,10)29(4,5)6)18-25(21)32-27(30)26(22)23/h11-14,17-18,27,30H,15-16H2,1-10H3. The van der Waals surface area contributed by atoms with Gasteiger partial charge in [0.25, 0.3) is 0 Å². The molecule has 7 heteroatoms. The summed E-state index contributed by atoms with van der Waals surface area (Å²) in [6.07, 6.45) is -0.401. The first-order valence-corrected chi connectivity index (χ1v) is 18.7. The molecule has 5 nitrogen and oxygen atoms in total. The molecule has 36 heavy (non-hydrogen) atoms. The van der Waals surface area contributed by atoms with E-state index in [4.69, 9.17) is 18.3 Å². The van der Waals surface area contributed by atoms with Crippen molar-refractivity contribution in [2.45, 2.75) is 90.5 Å². The first-order chi connectivity index (χ1) is 16.5. The Morgan fingerprint density at radius 1 is 0.778 bits per heavy atom. The summed E-state index contributed by atoms with van der Waals surface area (Å²) in [7, 11) is -3.98. The van der Waals surface area contributed by atoms with E-state index in [1.165, 1.54) is 0 Å². The van der Waals surface area contributed by atoms with Gasteiger partial charge in [0.05, 0.1) is 6.61 Å². The highest BCUT2D eigenvalue weighted by Crippen LogP contribution is 2.48. The maximum Gasteiger partial charge on any atom is 0.250 e. The van der Waals surface area contributed by atoms with Gasteiger partial charge >= 0.3 is 0 Å². The van der Waals surface area contributed by atoms with E-state index in [1.807, 2.05) is 30.3 Å². The summed E-state index contributed by atoms with van der Waals surface area (Å²) >= 11 is 0. The van der Waals surface area contributed by atoms with Crippen LogP contribution in [0.2, 0.25) is 36.3 Å². The van der Waals surface area contributed by atoms with Crippen LogP contribution in [0.25, 0.3) is 11.1 Å². The molecule has 1 unspecified atom stereocenters. The second-order valence-corrected chi connectivity index (χ2v) is 22.5. The fourth-order valence-corrected chi connectivity index (χ4v) is 6.06. The van der Waals surface area contributed by atoms with Crippen molar-refractivity contribution in [2.75, 3.05) is 6.61 Å². The maximum atomic E-state index is 11.1. The molecule has 0 aliphatic carbocycles. The van der Waals surface area contributed by atoms with E-state index in [9.17, 15) is 5.11 Å². The van der Waals surface area contributed by atoms with Crippen LogP contribution < -0.4 is 18.3 Å². The van der Waals surface area contributed by atoms with Crippen LogP contribution in [0, 0.1) is 0 Å². The summed E-state index contributed by atoms with van der Waals surface area (Å²) < 4.78 is 25.2. The topological polar surface area (TPSA) is 57.2 Å². The summed E-state index contributed by atoms with van der Waals surface area (Å²) in [6, 6.07) is 11.9. The molecule has 0 saturated carbocycles. The molecule has 2 aromatic rings. The number of fused-ring (bicyclic) bond motifs is 4. The minimum atomic E-state index is -1.99. The van der Waals surface area contributed by atoms with Crippen molar-refractivity contribution in [3.8, 4) is 23.0 Å². The van der Waals surface area contributed by atoms with Gasteiger partial charge < -0.3 is 23.4 Å². The van der Waals surface area contributed by atoms with Gasteiger partial charge in [-0.2, -0.15) is 0 Å². The second kappa shape index (κ2) is 8.96. The quantitative estimate of drug-likeness (QED) is 0.411. The molecule has 1 N–H and O–H groups in total. The molecule has 2 aromatic carbocycles. The number of hydrogen-bond acceptors (Lipinski definition) is 5. The molecule has 4 rings (SSSR count). The Morgan fingerprint density at radius 2 is 1.28 bits per heavy atom. The number of benzene rings is 2. The van der Waals surface area contributed by atoms with Gasteiger partial charge in [-0.15, -0.1) is 0 Å². The molecule has 2 aliphatic heterocycles. The fourth-order valence-electron chi connectivity index (χ4n) is 4.02. The molecule has 0 aromatic heterocycles. The SMILES string of the molecule is CC(C)(C)[Si](C)(C)Oc1ccc2c(c1)OC(O)C1=C2CCOc2cc(O[Si](C)(C)C(C)(C)C)ccc21. The molecule has 0 radical (unpaired) electrons. The minimum absolute atomic E-state index is 0.0917. The zero-order chi connectivity index (χ0) is 26.7. The predicted molar refractivity (Wildman–Crippen MR) is 152 cm³/mol. The molecular weight excluding hydrogens is 484 g/mol. The van der Waals surface area contributed by atoms with Crippen LogP contribution in [0.15, 0.2) is 36.4 Å². The van der Waals surface area contributed by atoms with Crippen molar-refractivity contribution in [3.05, 3.63) is 47.5 Å². The Hall–Kier alpha value is -2.23. The average Bonchev–Trinajstić information content (AvgIpc) is 2.91. The third-order valence-corrected chi connectivity index (χ3v) is 17.0. The maximum absolute atomic E-state index is 11.1. The number of ether oxygens (including phenoxy) is 2. The van der Waals surface area contributed by atoms with Crippen molar-refractivity contribution >= 4 is 27.8 Å². The Bertz CT molecular complexity index is 1190. The van der Waals surface area contributed by atoms with E-state index in [1.54, 1.807) is 0 Å². The van der Waals surface area contributed by atoms with E-state index in [0.717, 1.165) is 39.5 Å². The predicted octanol–water partition coefficient (Wildman–Crippen LogP) is 7.86. The molecule has 0 spiro atoms. The van der Waals surface area contributed by atoms with Crippen molar-refractivity contribution < 1.29 is 23.4 Å². The lowest BCUT2D eigenvalue weighted by atomic mass is 9.90. The lowest BCUT2D eigenvalue weighted by molar-refractivity contribution is 0.0313. The van der Waals surface area contributed by atoms with E-state index in [2.05, 4.69) is 73.8 Å². The summed E-state index contributed by atoms with van der Waals surface area (Å²) in [5.41, 5.74) is 3.66. The summed E-state index contributed by atoms with van der Waals surface area (Å²) in [6.45, 7) is 22.8. The van der Waals surface area contributed by atoms with E-state index < -0.39 is 22.9 Å². The van der Waals surface area contributed by atoms with Gasteiger partial charge in [-0.05, 0) is 66.1 Å². The average molecular weight is 527 g/mol. The Balaban J connectivity index is 1.70. The third-order valence-electron chi connectivity index (χ3n) is 8.30. The number of hydrogen-bond donors (Lipinski definition) is 1. The van der Waals surface area contributed by atoms with Crippen LogP contribution in [-0.2, 0) is 0 Å². The largest absolute Gasteiger partial charge is 0.543 e. The van der Waals surface area contributed by atoms with Crippen LogP contribution in [0.1, 0.15) is 59.1 Å². The van der Waals surface area contributed by atoms with Crippen LogP contribution >= 0.6 is 0 Å². The molecule has 0 fully saturated rings. The summed E-state index contributed by atoms with van der Waals surface area (Å²) in [5.74, 6) is 2.97. The van der Waals surface area contributed by atoms with E-state index >= 15 is 0 Å². The first-order valence-electron chi connectivity index (χ1n) is 12.9. The minimum Gasteiger partial charge on any atom is -0.543 e. The van der Waals surface area contributed by atoms with Gasteiger partial charge in [0.15, 0.2) is 0 Å². The van der Waals surface area contributed by atoms with Crippen molar-refractivity contribution in [3.63, 3.8) is 0 Å². The van der Waals surface area contributed by atoms with Gasteiger partial charge in [0, 0.05) is 35.3 Å². The molecule has 0 bridgehead atoms. The zero-order valence-corrected chi connectivity index (χ0v) is 25.5. The van der Waals surface area contributed by atoms with Crippen molar-refractivity contribution in [1.29, 1.82) is 0 Å². The summed E-state index contributed by atoms with van der Waals surface area (Å²) in [5, 5.41) is 11.3. The number of rotatable bonds is 4. The normalized spacial score (nSPS) is 18.2. The zero-order valence-electron chi connectivity index (χ0n) is 23.5. The molecule has 0 amide bonds. The Labute approximate surface area is 218 Å². The van der Waals surface area contributed by atoms with E-state index in [-0.39, 0.29) is 10.1 Å². The molecule has 0 saturated heterocycles. The smallest absolute Gasteiger partial charge is 0.250 e. The molecule has 2 heterocycles. The van der Waals surface area contributed by atoms with Crippen LogP contribution in [-0.4, -0.2) is 34.6 Å². The van der Waals surface area contributed by atoms with Crippen LogP contribution in [0.3, 0.4) is 0 Å². The van der Waals surface area contributed by atoms with Gasteiger partial charge in [-0.1, -0.05) is 41.5 Å². The van der Waals surface area contributed by atoms with Gasteiger partial charge in [0.2, 0.25) is 22.9 Å². The van der Waals surface area contributed by atoms with Crippen molar-refractivity contribution in [2.24, 2.45) is 0 Å². The first kappa shape index (κ1) is 26.8. The summed E-state index contributed by atoms with van der Waals surface area (Å²) in [4.78, 5) is 0. The molecule has 2 aliphatic rings. The lowest BCUT2D eigenvalue weighted by Gasteiger charge is -2.37. The molecular formula is C29H42O5Si2. The molecule has 1 atom stereocenters. The Morgan fingerprint density at radius 3 is 1.81 bits per heavy atom. The molecule has 196 valence electrons. The highest BCUT2D eigenvalue weighted by Gasteiger charge is 2.41. The number of aliphatic hydroxyl groups is 1. The highest BCUT2D eigenvalue weighted by molar-refractivity contribution is 6.75.